The van der Waals surface area contributed by atoms with Gasteiger partial charge in [-0.05, 0) is 11.6 Å². The van der Waals surface area contributed by atoms with E-state index in [1.807, 2.05) is 36.4 Å². The van der Waals surface area contributed by atoms with Crippen molar-refractivity contribution in [2.24, 2.45) is 0 Å². The lowest BCUT2D eigenvalue weighted by molar-refractivity contribution is -0.173. The molecule has 1 aromatic rings. The minimum Gasteiger partial charge on any atom is -0.465 e. The van der Waals surface area contributed by atoms with E-state index in [2.05, 4.69) is 5.32 Å². The van der Waals surface area contributed by atoms with E-state index < -0.39 is 17.6 Å². The van der Waals surface area contributed by atoms with Gasteiger partial charge in [0.2, 0.25) is 5.91 Å². The third-order valence-electron chi connectivity index (χ3n) is 3.38. The molecule has 1 aliphatic rings. The Labute approximate surface area is 128 Å². The number of allylic oxidation sites excluding steroid dienone is 2. The van der Waals surface area contributed by atoms with Gasteiger partial charge in [0.25, 0.3) is 5.72 Å². The molecule has 1 N–H and O–H groups in total. The molecular formula is C16H16N2O4. The minimum absolute atomic E-state index is 0.0285. The van der Waals surface area contributed by atoms with E-state index in [0.29, 0.717) is 0 Å². The zero-order valence-corrected chi connectivity index (χ0v) is 12.3. The van der Waals surface area contributed by atoms with E-state index in [1.54, 1.807) is 6.08 Å². The Morgan fingerprint density at radius 2 is 2.09 bits per heavy atom. The molecule has 0 aliphatic carbocycles. The van der Waals surface area contributed by atoms with Crippen LogP contribution in [0.3, 0.4) is 0 Å². The predicted molar refractivity (Wildman–Crippen MR) is 77.1 cm³/mol. The van der Waals surface area contributed by atoms with Gasteiger partial charge < -0.3 is 14.8 Å². The summed E-state index contributed by atoms with van der Waals surface area (Å²) in [6.45, 7) is 1.27. The number of ether oxygens (including phenoxy) is 2. The van der Waals surface area contributed by atoms with E-state index >= 15 is 0 Å². The molecule has 6 nitrogen and oxygen atoms in total. The number of esters is 1. The number of nitriles is 1. The van der Waals surface area contributed by atoms with Crippen molar-refractivity contribution in [1.82, 2.24) is 5.32 Å². The van der Waals surface area contributed by atoms with E-state index in [1.165, 1.54) is 14.0 Å². The van der Waals surface area contributed by atoms with Gasteiger partial charge in [0.1, 0.15) is 6.07 Å². The largest absolute Gasteiger partial charge is 0.465 e. The third kappa shape index (κ3) is 3.09. The van der Waals surface area contributed by atoms with Crippen LogP contribution in [0.15, 0.2) is 42.2 Å². The Balaban J connectivity index is 2.45. The van der Waals surface area contributed by atoms with Crippen LogP contribution >= 0.6 is 0 Å². The molecule has 2 unspecified atom stereocenters. The maximum Gasteiger partial charge on any atom is 0.372 e. The lowest BCUT2D eigenvalue weighted by Gasteiger charge is -2.37. The summed E-state index contributed by atoms with van der Waals surface area (Å²) in [5.41, 5.74) is -0.779. The van der Waals surface area contributed by atoms with E-state index in [4.69, 9.17) is 14.7 Å². The lowest BCUT2D eigenvalue weighted by atomic mass is 9.87. The molecule has 0 bridgehead atoms. The highest BCUT2D eigenvalue weighted by atomic mass is 16.6. The number of nitrogens with zero attached hydrogens (tertiary/aromatic N) is 1. The fourth-order valence-corrected chi connectivity index (χ4v) is 2.49. The first-order chi connectivity index (χ1) is 10.5. The summed E-state index contributed by atoms with van der Waals surface area (Å²) in [4.78, 5) is 23.6. The van der Waals surface area contributed by atoms with Gasteiger partial charge in [-0.25, -0.2) is 4.79 Å². The predicted octanol–water partition coefficient (Wildman–Crippen LogP) is 1.60. The van der Waals surface area contributed by atoms with Crippen LogP contribution in [-0.4, -0.2) is 24.7 Å². The van der Waals surface area contributed by atoms with Crippen LogP contribution in [0, 0.1) is 11.3 Å². The molecule has 0 radical (unpaired) electrons. The zero-order chi connectivity index (χ0) is 16.2. The minimum atomic E-state index is -1.69. The molecule has 1 aliphatic heterocycles. The SMILES string of the molecule is COC(=O)C1(NC(C)=O)CC(c2ccccc2)C=C(C#N)O1. The second kappa shape index (κ2) is 6.31. The maximum absolute atomic E-state index is 12.2. The molecule has 0 saturated heterocycles. The Bertz CT molecular complexity index is 648. The number of carbonyl (C=O) groups is 2. The van der Waals surface area contributed by atoms with Crippen molar-refractivity contribution in [3.8, 4) is 6.07 Å². The van der Waals surface area contributed by atoms with Crippen molar-refractivity contribution < 1.29 is 19.1 Å². The summed E-state index contributed by atoms with van der Waals surface area (Å²) in [5.74, 6) is -1.48. The Hall–Kier alpha value is -2.81. The monoisotopic (exact) mass is 300 g/mol. The van der Waals surface area contributed by atoms with Crippen LogP contribution in [0.1, 0.15) is 24.8 Å². The van der Waals surface area contributed by atoms with Crippen LogP contribution in [0.2, 0.25) is 0 Å². The first-order valence-corrected chi connectivity index (χ1v) is 6.74. The third-order valence-corrected chi connectivity index (χ3v) is 3.38. The molecule has 0 fully saturated rings. The number of hydrogen-bond acceptors (Lipinski definition) is 5. The molecule has 1 aromatic carbocycles. The summed E-state index contributed by atoms with van der Waals surface area (Å²) in [5, 5.41) is 11.7. The summed E-state index contributed by atoms with van der Waals surface area (Å²) in [6, 6.07) is 11.3. The summed E-state index contributed by atoms with van der Waals surface area (Å²) in [6.07, 6.45) is 1.78. The van der Waals surface area contributed by atoms with Crippen LogP contribution < -0.4 is 5.32 Å². The number of carbonyl (C=O) groups excluding carboxylic acids is 2. The van der Waals surface area contributed by atoms with Gasteiger partial charge in [0.05, 0.1) is 7.11 Å². The van der Waals surface area contributed by atoms with E-state index in [0.717, 1.165) is 5.56 Å². The van der Waals surface area contributed by atoms with Crippen molar-refractivity contribution in [3.63, 3.8) is 0 Å². The molecule has 2 atom stereocenters. The number of hydrogen-bond donors (Lipinski definition) is 1. The van der Waals surface area contributed by atoms with Gasteiger partial charge in [-0.1, -0.05) is 30.3 Å². The van der Waals surface area contributed by atoms with Crippen molar-refractivity contribution in [1.29, 1.82) is 5.26 Å². The summed E-state index contributed by atoms with van der Waals surface area (Å²) < 4.78 is 10.2. The fourth-order valence-electron chi connectivity index (χ4n) is 2.49. The fraction of sp³-hybridized carbons (Fsp3) is 0.312. The standard InChI is InChI=1S/C16H16N2O4/c1-11(19)18-16(15(20)21-2)9-13(8-14(10-17)22-16)12-6-4-3-5-7-12/h3-8,13H,9H2,1-2H3,(H,18,19). The van der Waals surface area contributed by atoms with Gasteiger partial charge in [0, 0.05) is 19.3 Å². The van der Waals surface area contributed by atoms with Gasteiger partial charge in [-0.15, -0.1) is 0 Å². The highest BCUT2D eigenvalue weighted by Gasteiger charge is 2.48. The average molecular weight is 300 g/mol. The number of methoxy groups -OCH3 is 1. The topological polar surface area (TPSA) is 88.4 Å². The molecule has 1 amide bonds. The second-order valence-corrected chi connectivity index (χ2v) is 4.97. The molecule has 6 heteroatoms. The molecule has 0 aromatic heterocycles. The molecule has 22 heavy (non-hydrogen) atoms. The molecule has 0 saturated carbocycles. The van der Waals surface area contributed by atoms with Crippen molar-refractivity contribution in [3.05, 3.63) is 47.7 Å². The number of rotatable bonds is 3. The summed E-state index contributed by atoms with van der Waals surface area (Å²) in [7, 11) is 1.21. The molecule has 2 rings (SSSR count). The average Bonchev–Trinajstić information content (AvgIpc) is 2.53. The van der Waals surface area contributed by atoms with Gasteiger partial charge in [0.15, 0.2) is 5.76 Å². The van der Waals surface area contributed by atoms with Crippen LogP contribution in [-0.2, 0) is 19.1 Å². The number of benzene rings is 1. The Kier molecular flexibility index (Phi) is 4.47. The maximum atomic E-state index is 12.2. The first kappa shape index (κ1) is 15.6. The molecular weight excluding hydrogens is 284 g/mol. The Morgan fingerprint density at radius 3 is 2.64 bits per heavy atom. The van der Waals surface area contributed by atoms with Gasteiger partial charge in [-0.2, -0.15) is 5.26 Å². The quantitative estimate of drug-likeness (QED) is 0.857. The van der Waals surface area contributed by atoms with Crippen LogP contribution in [0.5, 0.6) is 0 Å². The molecule has 114 valence electrons. The zero-order valence-electron chi connectivity index (χ0n) is 12.3. The normalized spacial score (nSPS) is 23.5. The van der Waals surface area contributed by atoms with Crippen LogP contribution in [0.4, 0.5) is 0 Å². The summed E-state index contributed by atoms with van der Waals surface area (Å²) >= 11 is 0. The lowest BCUT2D eigenvalue weighted by Crippen LogP contribution is -2.58. The molecule has 0 spiro atoms. The molecule has 1 heterocycles. The van der Waals surface area contributed by atoms with Crippen molar-refractivity contribution in [2.45, 2.75) is 25.0 Å². The Morgan fingerprint density at radius 1 is 1.41 bits per heavy atom. The van der Waals surface area contributed by atoms with Gasteiger partial charge in [-0.3, -0.25) is 4.79 Å². The van der Waals surface area contributed by atoms with Crippen molar-refractivity contribution >= 4 is 11.9 Å². The highest BCUT2D eigenvalue weighted by molar-refractivity contribution is 5.86. The van der Waals surface area contributed by atoms with E-state index in [9.17, 15) is 9.59 Å². The first-order valence-electron chi connectivity index (χ1n) is 6.74. The smallest absolute Gasteiger partial charge is 0.372 e. The van der Waals surface area contributed by atoms with Crippen molar-refractivity contribution in [2.75, 3.05) is 7.11 Å². The van der Waals surface area contributed by atoms with Crippen LogP contribution in [0.25, 0.3) is 0 Å². The van der Waals surface area contributed by atoms with Gasteiger partial charge >= 0.3 is 5.97 Å². The number of nitrogens with one attached hydrogen (secondary N) is 1. The number of amides is 1. The highest BCUT2D eigenvalue weighted by Crippen LogP contribution is 2.36. The second-order valence-electron chi connectivity index (χ2n) is 4.97. The van der Waals surface area contributed by atoms with E-state index in [-0.39, 0.29) is 18.1 Å².